The van der Waals surface area contributed by atoms with Crippen molar-refractivity contribution in [2.75, 3.05) is 5.43 Å². The summed E-state index contributed by atoms with van der Waals surface area (Å²) < 4.78 is 0. The van der Waals surface area contributed by atoms with E-state index >= 15 is 0 Å². The number of benzene rings is 2. The van der Waals surface area contributed by atoms with E-state index in [0.29, 0.717) is 6.42 Å². The first-order valence-corrected chi connectivity index (χ1v) is 5.76. The zero-order valence-electron chi connectivity index (χ0n) is 10.1. The summed E-state index contributed by atoms with van der Waals surface area (Å²) in [4.78, 5) is 10.8. The first kappa shape index (κ1) is 12.1. The topological polar surface area (TPSA) is 61.7 Å². The lowest BCUT2D eigenvalue weighted by molar-refractivity contribution is -0.129. The number of carboxylic acids is 1. The van der Waals surface area contributed by atoms with E-state index in [1.165, 1.54) is 0 Å². The number of carbonyl (C=O) groups is 1. The molecule has 0 bridgehead atoms. The van der Waals surface area contributed by atoms with Crippen molar-refractivity contribution >= 4 is 28.1 Å². The number of fused-ring (bicyclic) bond motifs is 1. The highest BCUT2D eigenvalue weighted by Gasteiger charge is 2.06. The van der Waals surface area contributed by atoms with Gasteiger partial charge < -0.3 is 5.11 Å². The third-order valence-corrected chi connectivity index (χ3v) is 2.68. The first-order chi connectivity index (χ1) is 8.72. The van der Waals surface area contributed by atoms with Gasteiger partial charge in [0, 0.05) is 5.39 Å². The Morgan fingerprint density at radius 3 is 2.67 bits per heavy atom. The number of aliphatic carboxylic acids is 1. The number of hydrogen-bond donors (Lipinski definition) is 2. The molecule has 0 heterocycles. The molecule has 0 saturated carbocycles. The largest absolute Gasteiger partial charge is 0.477 e. The maximum Gasteiger partial charge on any atom is 0.352 e. The van der Waals surface area contributed by atoms with Crippen molar-refractivity contribution in [3.8, 4) is 0 Å². The van der Waals surface area contributed by atoms with E-state index in [4.69, 9.17) is 5.11 Å². The summed E-state index contributed by atoms with van der Waals surface area (Å²) in [6.07, 6.45) is 0.382. The minimum atomic E-state index is -0.995. The molecule has 2 aromatic rings. The van der Waals surface area contributed by atoms with Crippen LogP contribution in [0, 0.1) is 0 Å². The number of rotatable bonds is 4. The molecule has 0 spiro atoms. The Morgan fingerprint density at radius 2 is 1.94 bits per heavy atom. The molecule has 0 radical (unpaired) electrons. The Bertz CT molecular complexity index is 600. The fourth-order valence-corrected chi connectivity index (χ4v) is 1.73. The van der Waals surface area contributed by atoms with Crippen molar-refractivity contribution in [1.29, 1.82) is 0 Å². The maximum absolute atomic E-state index is 10.8. The number of hydrazone groups is 1. The van der Waals surface area contributed by atoms with Gasteiger partial charge in [0.1, 0.15) is 5.71 Å². The fourth-order valence-electron chi connectivity index (χ4n) is 1.73. The van der Waals surface area contributed by atoms with Gasteiger partial charge in [0.25, 0.3) is 0 Å². The molecule has 2 N–H and O–H groups in total. The Balaban J connectivity index is 2.35. The zero-order chi connectivity index (χ0) is 13.0. The highest BCUT2D eigenvalue weighted by molar-refractivity contribution is 6.35. The van der Waals surface area contributed by atoms with Crippen LogP contribution in [-0.4, -0.2) is 16.8 Å². The van der Waals surface area contributed by atoms with Gasteiger partial charge in [-0.2, -0.15) is 5.10 Å². The molecule has 92 valence electrons. The Morgan fingerprint density at radius 1 is 1.22 bits per heavy atom. The van der Waals surface area contributed by atoms with Crippen molar-refractivity contribution in [2.45, 2.75) is 13.3 Å². The van der Waals surface area contributed by atoms with Gasteiger partial charge in [-0.05, 0) is 17.9 Å². The number of hydrogen-bond acceptors (Lipinski definition) is 3. The van der Waals surface area contributed by atoms with Crippen LogP contribution in [0.5, 0.6) is 0 Å². The summed E-state index contributed by atoms with van der Waals surface area (Å²) in [6.45, 7) is 1.76. The summed E-state index contributed by atoms with van der Waals surface area (Å²) in [5.41, 5.74) is 3.75. The summed E-state index contributed by atoms with van der Waals surface area (Å²) in [5.74, 6) is -0.995. The van der Waals surface area contributed by atoms with E-state index in [-0.39, 0.29) is 5.71 Å². The highest BCUT2D eigenvalue weighted by Crippen LogP contribution is 2.22. The van der Waals surface area contributed by atoms with Crippen LogP contribution >= 0.6 is 0 Å². The molecule has 2 rings (SSSR count). The van der Waals surface area contributed by atoms with Crippen LogP contribution in [0.4, 0.5) is 5.69 Å². The smallest absolute Gasteiger partial charge is 0.352 e. The molecule has 0 aliphatic carbocycles. The fraction of sp³-hybridized carbons (Fsp3) is 0.143. The minimum absolute atomic E-state index is 0.114. The highest BCUT2D eigenvalue weighted by atomic mass is 16.4. The van der Waals surface area contributed by atoms with Crippen LogP contribution < -0.4 is 5.43 Å². The Labute approximate surface area is 105 Å². The van der Waals surface area contributed by atoms with E-state index in [0.717, 1.165) is 16.5 Å². The molecule has 2 aromatic carbocycles. The first-order valence-electron chi connectivity index (χ1n) is 5.76. The van der Waals surface area contributed by atoms with Gasteiger partial charge in [-0.3, -0.25) is 5.43 Å². The van der Waals surface area contributed by atoms with Crippen LogP contribution in [-0.2, 0) is 4.79 Å². The standard InChI is InChI=1S/C14H14N2O2/c1-2-12(14(17)18)15-16-13-9-5-7-10-6-3-4-8-11(10)13/h3-9,16H,2H2,1H3,(H,17,18)/b15-12+. The van der Waals surface area contributed by atoms with Gasteiger partial charge in [0.05, 0.1) is 5.69 Å². The lowest BCUT2D eigenvalue weighted by Gasteiger charge is -2.06. The maximum atomic E-state index is 10.8. The number of nitrogens with zero attached hydrogens (tertiary/aromatic N) is 1. The average Bonchev–Trinajstić information content (AvgIpc) is 2.39. The van der Waals surface area contributed by atoms with Crippen molar-refractivity contribution < 1.29 is 9.90 Å². The van der Waals surface area contributed by atoms with E-state index < -0.39 is 5.97 Å². The average molecular weight is 242 g/mol. The quantitative estimate of drug-likeness (QED) is 0.639. The molecule has 0 amide bonds. The molecule has 0 aromatic heterocycles. The van der Waals surface area contributed by atoms with Crippen molar-refractivity contribution in [3.63, 3.8) is 0 Å². The number of nitrogens with one attached hydrogen (secondary N) is 1. The van der Waals surface area contributed by atoms with Crippen LogP contribution in [0.15, 0.2) is 47.6 Å². The van der Waals surface area contributed by atoms with Gasteiger partial charge in [-0.1, -0.05) is 43.3 Å². The second kappa shape index (κ2) is 5.31. The van der Waals surface area contributed by atoms with Crippen LogP contribution in [0.2, 0.25) is 0 Å². The third kappa shape index (κ3) is 2.48. The molecular weight excluding hydrogens is 228 g/mol. The zero-order valence-corrected chi connectivity index (χ0v) is 10.1. The van der Waals surface area contributed by atoms with Crippen LogP contribution in [0.3, 0.4) is 0 Å². The van der Waals surface area contributed by atoms with Gasteiger partial charge in [0.2, 0.25) is 0 Å². The van der Waals surface area contributed by atoms with Gasteiger partial charge >= 0.3 is 5.97 Å². The summed E-state index contributed by atoms with van der Waals surface area (Å²) >= 11 is 0. The van der Waals surface area contributed by atoms with Crippen molar-refractivity contribution in [3.05, 3.63) is 42.5 Å². The molecule has 0 atom stereocenters. The molecule has 4 nitrogen and oxygen atoms in total. The van der Waals surface area contributed by atoms with E-state index in [1.54, 1.807) is 6.92 Å². The van der Waals surface area contributed by atoms with Crippen LogP contribution in [0.25, 0.3) is 10.8 Å². The Hall–Kier alpha value is -2.36. The lowest BCUT2D eigenvalue weighted by atomic mass is 10.1. The summed E-state index contributed by atoms with van der Waals surface area (Å²) in [5, 5.41) is 14.9. The lowest BCUT2D eigenvalue weighted by Crippen LogP contribution is -2.13. The van der Waals surface area contributed by atoms with Gasteiger partial charge in [-0.15, -0.1) is 0 Å². The van der Waals surface area contributed by atoms with E-state index in [9.17, 15) is 4.79 Å². The van der Waals surface area contributed by atoms with Crippen LogP contribution in [0.1, 0.15) is 13.3 Å². The Kier molecular flexibility index (Phi) is 3.57. The number of carboxylic acid groups (broad SMARTS) is 1. The normalized spacial score (nSPS) is 11.5. The van der Waals surface area contributed by atoms with Gasteiger partial charge in [0.15, 0.2) is 0 Å². The minimum Gasteiger partial charge on any atom is -0.477 e. The summed E-state index contributed by atoms with van der Waals surface area (Å²) in [7, 11) is 0. The number of anilines is 1. The molecule has 0 fully saturated rings. The molecule has 18 heavy (non-hydrogen) atoms. The molecule has 0 saturated heterocycles. The molecule has 0 aliphatic rings. The van der Waals surface area contributed by atoms with E-state index in [1.807, 2.05) is 42.5 Å². The molecular formula is C14H14N2O2. The predicted molar refractivity (Wildman–Crippen MR) is 72.9 cm³/mol. The molecule has 4 heteroatoms. The van der Waals surface area contributed by atoms with Gasteiger partial charge in [-0.25, -0.2) is 4.79 Å². The molecule has 0 aliphatic heterocycles. The van der Waals surface area contributed by atoms with E-state index in [2.05, 4.69) is 10.5 Å². The summed E-state index contributed by atoms with van der Waals surface area (Å²) in [6, 6.07) is 13.7. The van der Waals surface area contributed by atoms with Crippen molar-refractivity contribution in [1.82, 2.24) is 0 Å². The predicted octanol–water partition coefficient (Wildman–Crippen LogP) is 3.10. The van der Waals surface area contributed by atoms with Crippen molar-refractivity contribution in [2.24, 2.45) is 5.10 Å². The second-order valence-corrected chi connectivity index (χ2v) is 3.86. The molecule has 0 unspecified atom stereocenters. The SMILES string of the molecule is CC/C(=N\Nc1cccc2ccccc12)C(=O)O. The second-order valence-electron chi connectivity index (χ2n) is 3.86. The third-order valence-electron chi connectivity index (χ3n) is 2.68. The monoisotopic (exact) mass is 242 g/mol.